The largest absolute Gasteiger partial charge is 0.497 e. The lowest BCUT2D eigenvalue weighted by molar-refractivity contribution is 0.414. The molecule has 1 aromatic carbocycles. The van der Waals surface area contributed by atoms with Gasteiger partial charge in [-0.1, -0.05) is 32.3 Å². The molecule has 0 bridgehead atoms. The number of nitrogens with zero attached hydrogens (tertiary/aromatic N) is 1. The molecule has 0 saturated carbocycles. The minimum Gasteiger partial charge on any atom is -0.497 e. The van der Waals surface area contributed by atoms with Gasteiger partial charge in [0.25, 0.3) is 0 Å². The molecule has 2 rings (SSSR count). The van der Waals surface area contributed by atoms with Gasteiger partial charge in [0.2, 0.25) is 5.89 Å². The van der Waals surface area contributed by atoms with Gasteiger partial charge in [-0.05, 0) is 31.5 Å². The van der Waals surface area contributed by atoms with Crippen LogP contribution in [0.25, 0.3) is 11.5 Å². The van der Waals surface area contributed by atoms with Crippen molar-refractivity contribution in [3.63, 3.8) is 0 Å². The molecular weight excluding hydrogens is 276 g/mol. The number of aromatic nitrogens is 1. The Labute approximate surface area is 132 Å². The topological polar surface area (TPSA) is 47.3 Å². The van der Waals surface area contributed by atoms with Gasteiger partial charge in [0.05, 0.1) is 12.8 Å². The van der Waals surface area contributed by atoms with Crippen molar-refractivity contribution in [1.29, 1.82) is 0 Å². The second kappa shape index (κ2) is 8.59. The number of ether oxygens (including phenoxy) is 1. The van der Waals surface area contributed by atoms with Crippen molar-refractivity contribution in [2.24, 2.45) is 0 Å². The van der Waals surface area contributed by atoms with Crippen LogP contribution in [0.1, 0.15) is 45.2 Å². The number of benzene rings is 1. The summed E-state index contributed by atoms with van der Waals surface area (Å²) in [5.74, 6) is 1.44. The molecule has 0 amide bonds. The van der Waals surface area contributed by atoms with E-state index in [1.165, 1.54) is 25.7 Å². The van der Waals surface area contributed by atoms with E-state index in [1.54, 1.807) is 13.4 Å². The van der Waals surface area contributed by atoms with Gasteiger partial charge in [-0.25, -0.2) is 4.98 Å². The fraction of sp³-hybridized carbons (Fsp3) is 0.500. The standard InChI is InChI=1S/C18H26N2O2/c1-4-5-6-8-14(2)19-12-16-13-22-18(20-16)15-9-7-10-17(11-15)21-3/h7,9-11,13-14,19H,4-6,8,12H2,1-3H3. The van der Waals surface area contributed by atoms with Crippen LogP contribution < -0.4 is 10.1 Å². The monoisotopic (exact) mass is 302 g/mol. The highest BCUT2D eigenvalue weighted by atomic mass is 16.5. The van der Waals surface area contributed by atoms with Gasteiger partial charge in [-0.2, -0.15) is 0 Å². The third-order valence-electron chi connectivity index (χ3n) is 3.74. The van der Waals surface area contributed by atoms with E-state index in [1.807, 2.05) is 24.3 Å². The van der Waals surface area contributed by atoms with E-state index in [4.69, 9.17) is 9.15 Å². The second-order valence-corrected chi connectivity index (χ2v) is 5.65. The molecule has 1 heterocycles. The number of unbranched alkanes of at least 4 members (excludes halogenated alkanes) is 2. The zero-order valence-corrected chi connectivity index (χ0v) is 13.8. The maximum Gasteiger partial charge on any atom is 0.226 e. The number of rotatable bonds is 9. The highest BCUT2D eigenvalue weighted by Gasteiger charge is 2.09. The van der Waals surface area contributed by atoms with E-state index in [0.717, 1.165) is 23.6 Å². The van der Waals surface area contributed by atoms with Crippen LogP contribution >= 0.6 is 0 Å². The number of nitrogens with one attached hydrogen (secondary N) is 1. The first-order valence-corrected chi connectivity index (χ1v) is 8.05. The van der Waals surface area contributed by atoms with Crippen molar-refractivity contribution >= 4 is 0 Å². The van der Waals surface area contributed by atoms with Crippen LogP contribution in [0.2, 0.25) is 0 Å². The Morgan fingerprint density at radius 1 is 1.32 bits per heavy atom. The summed E-state index contributed by atoms with van der Waals surface area (Å²) in [6, 6.07) is 8.25. The Bertz CT molecular complexity index is 566. The fourth-order valence-electron chi connectivity index (χ4n) is 2.36. The van der Waals surface area contributed by atoms with Crippen LogP contribution in [-0.4, -0.2) is 18.1 Å². The number of oxazole rings is 1. The van der Waals surface area contributed by atoms with Gasteiger partial charge in [0.15, 0.2) is 0 Å². The fourth-order valence-corrected chi connectivity index (χ4v) is 2.36. The molecular formula is C18H26N2O2. The molecule has 0 aliphatic rings. The summed E-state index contributed by atoms with van der Waals surface area (Å²) in [6.45, 7) is 5.19. The summed E-state index contributed by atoms with van der Waals surface area (Å²) >= 11 is 0. The third kappa shape index (κ3) is 4.88. The maximum atomic E-state index is 5.57. The van der Waals surface area contributed by atoms with E-state index in [0.29, 0.717) is 11.9 Å². The molecule has 4 nitrogen and oxygen atoms in total. The van der Waals surface area contributed by atoms with Crippen molar-refractivity contribution in [2.75, 3.05) is 7.11 Å². The van der Waals surface area contributed by atoms with E-state index in [-0.39, 0.29) is 0 Å². The molecule has 1 atom stereocenters. The van der Waals surface area contributed by atoms with E-state index in [9.17, 15) is 0 Å². The lowest BCUT2D eigenvalue weighted by Gasteiger charge is -2.11. The zero-order chi connectivity index (χ0) is 15.8. The summed E-state index contributed by atoms with van der Waals surface area (Å²) in [5, 5.41) is 3.50. The van der Waals surface area contributed by atoms with Crippen LogP contribution in [0.3, 0.4) is 0 Å². The van der Waals surface area contributed by atoms with Crippen LogP contribution in [0, 0.1) is 0 Å². The van der Waals surface area contributed by atoms with E-state index >= 15 is 0 Å². The summed E-state index contributed by atoms with van der Waals surface area (Å²) in [4.78, 5) is 4.54. The molecule has 0 radical (unpaired) electrons. The predicted octanol–water partition coefficient (Wildman–Crippen LogP) is 4.41. The van der Waals surface area contributed by atoms with Gasteiger partial charge in [-0.3, -0.25) is 0 Å². The van der Waals surface area contributed by atoms with Gasteiger partial charge >= 0.3 is 0 Å². The van der Waals surface area contributed by atoms with Gasteiger partial charge in [0, 0.05) is 18.2 Å². The first-order chi connectivity index (χ1) is 10.7. The molecule has 22 heavy (non-hydrogen) atoms. The average Bonchev–Trinajstić information content (AvgIpc) is 3.02. The Balaban J connectivity index is 1.88. The zero-order valence-electron chi connectivity index (χ0n) is 13.8. The minimum atomic E-state index is 0.503. The molecule has 0 saturated heterocycles. The van der Waals surface area contributed by atoms with Crippen LogP contribution in [-0.2, 0) is 6.54 Å². The van der Waals surface area contributed by atoms with Gasteiger partial charge < -0.3 is 14.5 Å². The normalized spacial score (nSPS) is 12.3. The molecule has 2 aromatic rings. The first kappa shape index (κ1) is 16.6. The van der Waals surface area contributed by atoms with Gasteiger partial charge in [-0.15, -0.1) is 0 Å². The Morgan fingerprint density at radius 3 is 2.95 bits per heavy atom. The molecule has 1 aromatic heterocycles. The van der Waals surface area contributed by atoms with Crippen LogP contribution in [0.5, 0.6) is 5.75 Å². The van der Waals surface area contributed by atoms with Crippen LogP contribution in [0.4, 0.5) is 0 Å². The highest BCUT2D eigenvalue weighted by molar-refractivity contribution is 5.55. The Kier molecular flexibility index (Phi) is 6.46. The lowest BCUT2D eigenvalue weighted by atomic mass is 10.1. The van der Waals surface area contributed by atoms with Crippen LogP contribution in [0.15, 0.2) is 34.9 Å². The van der Waals surface area contributed by atoms with Crippen molar-refractivity contribution in [2.45, 2.75) is 52.1 Å². The molecule has 1 N–H and O–H groups in total. The first-order valence-electron chi connectivity index (χ1n) is 8.05. The maximum absolute atomic E-state index is 5.57. The predicted molar refractivity (Wildman–Crippen MR) is 88.9 cm³/mol. The lowest BCUT2D eigenvalue weighted by Crippen LogP contribution is -2.25. The molecule has 4 heteroatoms. The number of hydrogen-bond acceptors (Lipinski definition) is 4. The quantitative estimate of drug-likeness (QED) is 0.697. The molecule has 120 valence electrons. The molecule has 0 aliphatic carbocycles. The van der Waals surface area contributed by atoms with E-state index in [2.05, 4.69) is 24.1 Å². The molecule has 1 unspecified atom stereocenters. The molecule has 0 aliphatic heterocycles. The number of methoxy groups -OCH3 is 1. The van der Waals surface area contributed by atoms with Crippen molar-refractivity contribution < 1.29 is 9.15 Å². The molecule has 0 fully saturated rings. The van der Waals surface area contributed by atoms with Crippen molar-refractivity contribution in [1.82, 2.24) is 10.3 Å². The Hall–Kier alpha value is -1.81. The average molecular weight is 302 g/mol. The summed E-state index contributed by atoms with van der Waals surface area (Å²) in [6.07, 6.45) is 6.77. The van der Waals surface area contributed by atoms with Crippen molar-refractivity contribution in [3.05, 3.63) is 36.2 Å². The Morgan fingerprint density at radius 2 is 2.18 bits per heavy atom. The third-order valence-corrected chi connectivity index (χ3v) is 3.74. The summed E-state index contributed by atoms with van der Waals surface area (Å²) in [7, 11) is 1.66. The van der Waals surface area contributed by atoms with Crippen molar-refractivity contribution in [3.8, 4) is 17.2 Å². The summed E-state index contributed by atoms with van der Waals surface area (Å²) < 4.78 is 10.8. The van der Waals surface area contributed by atoms with E-state index < -0.39 is 0 Å². The highest BCUT2D eigenvalue weighted by Crippen LogP contribution is 2.23. The minimum absolute atomic E-state index is 0.503. The number of hydrogen-bond donors (Lipinski definition) is 1. The SMILES string of the molecule is CCCCCC(C)NCc1coc(-c2cccc(OC)c2)n1. The smallest absolute Gasteiger partial charge is 0.226 e. The van der Waals surface area contributed by atoms with Gasteiger partial charge in [0.1, 0.15) is 12.0 Å². The second-order valence-electron chi connectivity index (χ2n) is 5.65. The molecule has 0 spiro atoms. The summed E-state index contributed by atoms with van der Waals surface area (Å²) in [5.41, 5.74) is 1.86.